The van der Waals surface area contributed by atoms with E-state index >= 15 is 0 Å². The molecule has 1 aromatic heterocycles. The summed E-state index contributed by atoms with van der Waals surface area (Å²) in [4.78, 5) is 13.4. The number of nitrogens with two attached hydrogens (primary N) is 1. The molecule has 1 aliphatic rings. The van der Waals surface area contributed by atoms with Crippen molar-refractivity contribution in [1.29, 1.82) is 0 Å². The zero-order valence-electron chi connectivity index (χ0n) is 14.2. The molecule has 5 nitrogen and oxygen atoms in total. The van der Waals surface area contributed by atoms with Gasteiger partial charge in [0.05, 0.1) is 12.2 Å². The molecule has 2 N–H and O–H groups in total. The maximum atomic E-state index is 6.15. The lowest BCUT2D eigenvalue weighted by Gasteiger charge is -2.36. The Hall–Kier alpha value is -1.54. The smallest absolute Gasteiger partial charge is 0.191 e. The van der Waals surface area contributed by atoms with Gasteiger partial charge in [-0.2, -0.15) is 0 Å². The van der Waals surface area contributed by atoms with Crippen LogP contribution in [-0.4, -0.2) is 42.0 Å². The predicted molar refractivity (Wildman–Crippen MR) is 115 cm³/mol. The molecule has 1 aliphatic heterocycles. The molecule has 1 aromatic carbocycles. The van der Waals surface area contributed by atoms with Gasteiger partial charge in [0.15, 0.2) is 5.96 Å². The quantitative estimate of drug-likeness (QED) is 0.424. The molecule has 3 rings (SSSR count). The highest BCUT2D eigenvalue weighted by atomic mass is 127. The molecule has 25 heavy (non-hydrogen) atoms. The average molecular weight is 472 g/mol. The van der Waals surface area contributed by atoms with Crippen LogP contribution in [0.5, 0.6) is 0 Å². The molecule has 2 aromatic rings. The fourth-order valence-corrected chi connectivity index (χ4v) is 2.92. The minimum absolute atomic E-state index is 0. The van der Waals surface area contributed by atoms with Crippen LogP contribution in [0.25, 0.3) is 0 Å². The molecule has 7 heteroatoms. The number of halogens is 2. The van der Waals surface area contributed by atoms with Gasteiger partial charge in [-0.25, -0.2) is 4.99 Å². The number of aryl methyl sites for hydroxylation is 1. The monoisotopic (exact) mass is 471 g/mol. The number of piperazine rings is 1. The van der Waals surface area contributed by atoms with Crippen LogP contribution in [0.15, 0.2) is 47.5 Å². The molecule has 0 spiro atoms. The van der Waals surface area contributed by atoms with E-state index in [9.17, 15) is 0 Å². The van der Waals surface area contributed by atoms with Gasteiger partial charge in [0.2, 0.25) is 0 Å². The number of rotatable bonds is 3. The van der Waals surface area contributed by atoms with Crippen LogP contribution in [0.3, 0.4) is 0 Å². The normalized spacial score (nSPS) is 15.0. The van der Waals surface area contributed by atoms with Crippen LogP contribution < -0.4 is 10.6 Å². The zero-order valence-corrected chi connectivity index (χ0v) is 17.3. The maximum absolute atomic E-state index is 6.15. The van der Waals surface area contributed by atoms with Gasteiger partial charge in [0.25, 0.3) is 0 Å². The molecule has 2 heterocycles. The van der Waals surface area contributed by atoms with E-state index in [0.29, 0.717) is 12.5 Å². The molecular weight excluding hydrogens is 449 g/mol. The highest BCUT2D eigenvalue weighted by Crippen LogP contribution is 2.19. The summed E-state index contributed by atoms with van der Waals surface area (Å²) in [6.07, 6.45) is 0. The van der Waals surface area contributed by atoms with Crippen molar-refractivity contribution < 1.29 is 0 Å². The molecule has 0 aliphatic carbocycles. The lowest BCUT2D eigenvalue weighted by Crippen LogP contribution is -2.51. The third kappa shape index (κ3) is 5.47. The zero-order chi connectivity index (χ0) is 16.9. The van der Waals surface area contributed by atoms with Crippen molar-refractivity contribution >= 4 is 47.2 Å². The number of hydrogen-bond donors (Lipinski definition) is 1. The van der Waals surface area contributed by atoms with Gasteiger partial charge in [-0.1, -0.05) is 17.7 Å². The van der Waals surface area contributed by atoms with Crippen molar-refractivity contribution in [2.45, 2.75) is 13.5 Å². The van der Waals surface area contributed by atoms with Crippen molar-refractivity contribution in [2.24, 2.45) is 10.7 Å². The predicted octanol–water partition coefficient (Wildman–Crippen LogP) is 3.30. The average Bonchev–Trinajstić information content (AvgIpc) is 2.61. The first-order valence-electron chi connectivity index (χ1n) is 8.10. The van der Waals surface area contributed by atoms with Gasteiger partial charge in [0, 0.05) is 42.6 Å². The van der Waals surface area contributed by atoms with E-state index in [1.165, 1.54) is 5.69 Å². The number of aromatic nitrogens is 1. The van der Waals surface area contributed by atoms with Crippen LogP contribution in [0.2, 0.25) is 5.02 Å². The Morgan fingerprint density at radius 1 is 1.12 bits per heavy atom. The first-order valence-corrected chi connectivity index (χ1v) is 8.47. The fourth-order valence-electron chi connectivity index (χ4n) is 2.80. The Bertz CT molecular complexity index is 712. The highest BCUT2D eigenvalue weighted by Gasteiger charge is 2.18. The van der Waals surface area contributed by atoms with Gasteiger partial charge >= 0.3 is 0 Å². The number of hydrogen-bond acceptors (Lipinski definition) is 3. The molecule has 134 valence electrons. The SMILES string of the molecule is Cc1cccc(CN=C(N)N2CCN(c3ccc(Cl)cc3)CC2)n1.I. The topological polar surface area (TPSA) is 57.8 Å². The summed E-state index contributed by atoms with van der Waals surface area (Å²) in [5.74, 6) is 0.592. The largest absolute Gasteiger partial charge is 0.370 e. The molecule has 0 radical (unpaired) electrons. The molecule has 0 atom stereocenters. The maximum Gasteiger partial charge on any atom is 0.191 e. The van der Waals surface area contributed by atoms with E-state index < -0.39 is 0 Å². The summed E-state index contributed by atoms with van der Waals surface area (Å²) in [5, 5.41) is 0.763. The second-order valence-corrected chi connectivity index (χ2v) is 6.33. The van der Waals surface area contributed by atoms with Gasteiger partial charge in [-0.15, -0.1) is 24.0 Å². The summed E-state index contributed by atoms with van der Waals surface area (Å²) >= 11 is 5.95. The van der Waals surface area contributed by atoms with E-state index in [0.717, 1.165) is 42.6 Å². The van der Waals surface area contributed by atoms with Crippen LogP contribution in [0.1, 0.15) is 11.4 Å². The molecule has 0 amide bonds. The number of nitrogens with zero attached hydrogens (tertiary/aromatic N) is 4. The summed E-state index contributed by atoms with van der Waals surface area (Å²) in [5.41, 5.74) is 9.28. The molecule has 0 bridgehead atoms. The first-order chi connectivity index (χ1) is 11.6. The van der Waals surface area contributed by atoms with Crippen molar-refractivity contribution in [1.82, 2.24) is 9.88 Å². The summed E-state index contributed by atoms with van der Waals surface area (Å²) in [7, 11) is 0. The van der Waals surface area contributed by atoms with Gasteiger partial charge in [-0.05, 0) is 43.3 Å². The Morgan fingerprint density at radius 3 is 2.44 bits per heavy atom. The Morgan fingerprint density at radius 2 is 1.80 bits per heavy atom. The van der Waals surface area contributed by atoms with E-state index in [4.69, 9.17) is 17.3 Å². The fraction of sp³-hybridized carbons (Fsp3) is 0.333. The van der Waals surface area contributed by atoms with Crippen molar-refractivity contribution in [3.63, 3.8) is 0 Å². The molecule has 1 saturated heterocycles. The molecule has 0 unspecified atom stereocenters. The second kappa shape index (κ2) is 9.24. The minimum Gasteiger partial charge on any atom is -0.370 e. The van der Waals surface area contributed by atoms with E-state index in [1.54, 1.807) is 0 Å². The van der Waals surface area contributed by atoms with Gasteiger partial charge < -0.3 is 15.5 Å². The van der Waals surface area contributed by atoms with Crippen molar-refractivity contribution in [3.05, 3.63) is 58.9 Å². The standard InChI is InChI=1S/C18H22ClN5.HI/c1-14-3-2-4-16(22-14)13-21-18(20)24-11-9-23(10-12-24)17-7-5-15(19)6-8-17;/h2-8H,9-13H2,1H3,(H2,20,21);1H. The first kappa shape index (κ1) is 19.8. The molecular formula is C18H23ClIN5. The van der Waals surface area contributed by atoms with Gasteiger partial charge in [-0.3, -0.25) is 4.98 Å². The Balaban J connectivity index is 0.00000225. The minimum atomic E-state index is 0. The van der Waals surface area contributed by atoms with E-state index in [-0.39, 0.29) is 24.0 Å². The third-order valence-corrected chi connectivity index (χ3v) is 4.40. The molecule has 1 fully saturated rings. The lowest BCUT2D eigenvalue weighted by atomic mass is 10.2. The Labute approximate surface area is 170 Å². The van der Waals surface area contributed by atoms with Crippen LogP contribution in [-0.2, 0) is 6.54 Å². The van der Waals surface area contributed by atoms with E-state index in [2.05, 4.69) is 31.9 Å². The van der Waals surface area contributed by atoms with Crippen molar-refractivity contribution in [2.75, 3.05) is 31.1 Å². The molecule has 0 saturated carbocycles. The van der Waals surface area contributed by atoms with Gasteiger partial charge in [0.1, 0.15) is 0 Å². The lowest BCUT2D eigenvalue weighted by molar-refractivity contribution is 0.380. The third-order valence-electron chi connectivity index (χ3n) is 4.14. The number of pyridine rings is 1. The number of guanidine groups is 1. The highest BCUT2D eigenvalue weighted by molar-refractivity contribution is 14.0. The summed E-state index contributed by atoms with van der Waals surface area (Å²) in [6.45, 7) is 6.05. The number of aliphatic imine (C=N–C) groups is 1. The van der Waals surface area contributed by atoms with Crippen LogP contribution in [0, 0.1) is 6.92 Å². The summed E-state index contributed by atoms with van der Waals surface area (Å²) < 4.78 is 0. The number of benzene rings is 1. The van der Waals surface area contributed by atoms with Crippen LogP contribution >= 0.6 is 35.6 Å². The summed E-state index contributed by atoms with van der Waals surface area (Å²) in [6, 6.07) is 13.9. The van der Waals surface area contributed by atoms with Crippen molar-refractivity contribution in [3.8, 4) is 0 Å². The second-order valence-electron chi connectivity index (χ2n) is 5.90. The van der Waals surface area contributed by atoms with Crippen LogP contribution in [0.4, 0.5) is 5.69 Å². The Kier molecular flexibility index (Phi) is 7.31. The number of anilines is 1. The van der Waals surface area contributed by atoms with E-state index in [1.807, 2.05) is 37.3 Å².